The van der Waals surface area contributed by atoms with Gasteiger partial charge in [-0.15, -0.1) is 0 Å². The van der Waals surface area contributed by atoms with Crippen LogP contribution in [0.2, 0.25) is 0 Å². The Morgan fingerprint density at radius 3 is 2.46 bits per heavy atom. The fourth-order valence-electron chi connectivity index (χ4n) is 3.78. The molecule has 1 aliphatic carbocycles. The third-order valence-electron chi connectivity index (χ3n) is 5.15. The Morgan fingerprint density at radius 2 is 1.73 bits per heavy atom. The highest BCUT2D eigenvalue weighted by Crippen LogP contribution is 2.46. The third kappa shape index (κ3) is 3.25. The number of amides is 3. The number of carbonyl (C=O) groups is 3. The van der Waals surface area contributed by atoms with Crippen LogP contribution < -0.4 is 14.8 Å². The van der Waals surface area contributed by atoms with E-state index in [2.05, 4.69) is 5.32 Å². The first-order chi connectivity index (χ1) is 12.5. The van der Waals surface area contributed by atoms with Gasteiger partial charge in [-0.3, -0.25) is 19.3 Å². The molecule has 4 rings (SSSR count). The van der Waals surface area contributed by atoms with Crippen LogP contribution in [0.5, 0.6) is 11.5 Å². The molecule has 1 aromatic rings. The average Bonchev–Trinajstić information content (AvgIpc) is 3.13. The van der Waals surface area contributed by atoms with Crippen LogP contribution >= 0.6 is 0 Å². The zero-order chi connectivity index (χ0) is 18.1. The second kappa shape index (κ2) is 6.63. The molecule has 2 heterocycles. The van der Waals surface area contributed by atoms with Crippen LogP contribution in [-0.2, 0) is 14.4 Å². The molecule has 1 aromatic carbocycles. The lowest BCUT2D eigenvalue weighted by molar-refractivity contribution is -0.138. The maximum atomic E-state index is 12.1. The van der Waals surface area contributed by atoms with Gasteiger partial charge in [-0.25, -0.2) is 0 Å². The molecule has 2 aliphatic heterocycles. The molecule has 0 radical (unpaired) electrons. The fourth-order valence-corrected chi connectivity index (χ4v) is 3.78. The fraction of sp³-hybridized carbons (Fsp3) is 0.526. The van der Waals surface area contributed by atoms with Crippen molar-refractivity contribution in [3.63, 3.8) is 0 Å². The van der Waals surface area contributed by atoms with Crippen LogP contribution in [0.1, 0.15) is 51.4 Å². The number of benzene rings is 1. The summed E-state index contributed by atoms with van der Waals surface area (Å²) in [5.41, 5.74) is 0.615. The normalized spacial score (nSPS) is 20.7. The predicted octanol–water partition coefficient (Wildman–Crippen LogP) is 2.60. The molecule has 7 nitrogen and oxygen atoms in total. The van der Waals surface area contributed by atoms with Crippen LogP contribution in [0.15, 0.2) is 18.2 Å². The standard InChI is InChI=1S/C19H22N2O5/c22-16(8-11-21-17(23)6-7-18(21)24)20-13-4-5-14-15(12-13)26-19(25-14)9-2-1-3-10-19/h4-5,12H,1-3,6-11H2,(H,20,22). The molecule has 3 aliphatic rings. The lowest BCUT2D eigenvalue weighted by Gasteiger charge is -2.31. The molecule has 3 amide bonds. The number of nitrogens with zero attached hydrogens (tertiary/aromatic N) is 1. The van der Waals surface area contributed by atoms with Crippen molar-refractivity contribution in [2.24, 2.45) is 0 Å². The Kier molecular flexibility index (Phi) is 4.30. The lowest BCUT2D eigenvalue weighted by Crippen LogP contribution is -2.40. The van der Waals surface area contributed by atoms with Gasteiger partial charge < -0.3 is 14.8 Å². The smallest absolute Gasteiger partial charge is 0.251 e. The second-order valence-corrected chi connectivity index (χ2v) is 7.07. The van der Waals surface area contributed by atoms with Gasteiger partial charge >= 0.3 is 0 Å². The van der Waals surface area contributed by atoms with E-state index in [1.54, 1.807) is 12.1 Å². The summed E-state index contributed by atoms with van der Waals surface area (Å²) in [4.78, 5) is 36.5. The molecule has 1 spiro atoms. The minimum Gasteiger partial charge on any atom is -0.448 e. The molecule has 0 atom stereocenters. The van der Waals surface area contributed by atoms with Gasteiger partial charge in [-0.05, 0) is 25.0 Å². The van der Waals surface area contributed by atoms with Crippen LogP contribution in [0.25, 0.3) is 0 Å². The van der Waals surface area contributed by atoms with Gasteiger partial charge in [0, 0.05) is 50.4 Å². The summed E-state index contributed by atoms with van der Waals surface area (Å²) >= 11 is 0. The highest BCUT2D eigenvalue weighted by Gasteiger charge is 2.42. The highest BCUT2D eigenvalue weighted by atomic mass is 16.7. The number of carbonyl (C=O) groups excluding carboxylic acids is 3. The summed E-state index contributed by atoms with van der Waals surface area (Å²) in [5.74, 6) is 0.156. The topological polar surface area (TPSA) is 84.9 Å². The summed E-state index contributed by atoms with van der Waals surface area (Å²) < 4.78 is 12.1. The molecule has 26 heavy (non-hydrogen) atoms. The van der Waals surface area contributed by atoms with E-state index < -0.39 is 5.79 Å². The Morgan fingerprint density at radius 1 is 1.04 bits per heavy atom. The van der Waals surface area contributed by atoms with Gasteiger partial charge in [-0.2, -0.15) is 0 Å². The number of likely N-dealkylation sites (tertiary alicyclic amines) is 1. The van der Waals surface area contributed by atoms with Crippen molar-refractivity contribution < 1.29 is 23.9 Å². The Hall–Kier alpha value is -2.57. The summed E-state index contributed by atoms with van der Waals surface area (Å²) in [5, 5.41) is 2.79. The number of nitrogens with one attached hydrogen (secondary N) is 1. The van der Waals surface area contributed by atoms with Crippen LogP contribution in [0, 0.1) is 0 Å². The molecular weight excluding hydrogens is 336 g/mol. The molecule has 7 heteroatoms. The van der Waals surface area contributed by atoms with E-state index >= 15 is 0 Å². The zero-order valence-electron chi connectivity index (χ0n) is 14.6. The van der Waals surface area contributed by atoms with Crippen molar-refractivity contribution in [1.29, 1.82) is 0 Å². The number of anilines is 1. The van der Waals surface area contributed by atoms with Gasteiger partial charge in [-0.1, -0.05) is 6.42 Å². The molecule has 1 saturated carbocycles. The second-order valence-electron chi connectivity index (χ2n) is 7.07. The summed E-state index contributed by atoms with van der Waals surface area (Å²) in [6.45, 7) is 0.122. The summed E-state index contributed by atoms with van der Waals surface area (Å²) in [6, 6.07) is 5.35. The maximum Gasteiger partial charge on any atom is 0.251 e. The monoisotopic (exact) mass is 358 g/mol. The first-order valence-corrected chi connectivity index (χ1v) is 9.20. The van der Waals surface area contributed by atoms with Crippen LogP contribution in [-0.4, -0.2) is 35.0 Å². The molecular formula is C19H22N2O5. The van der Waals surface area contributed by atoms with Gasteiger partial charge in [0.1, 0.15) is 0 Å². The Bertz CT molecular complexity index is 738. The molecule has 2 fully saturated rings. The summed E-state index contributed by atoms with van der Waals surface area (Å²) in [6.07, 6.45) is 5.69. The first kappa shape index (κ1) is 16.9. The van der Waals surface area contributed by atoms with E-state index in [1.807, 2.05) is 6.07 Å². The number of hydrogen-bond acceptors (Lipinski definition) is 5. The van der Waals surface area contributed by atoms with E-state index in [0.717, 1.165) is 30.6 Å². The largest absolute Gasteiger partial charge is 0.448 e. The van der Waals surface area contributed by atoms with Gasteiger partial charge in [0.05, 0.1) is 0 Å². The average molecular weight is 358 g/mol. The highest BCUT2D eigenvalue weighted by molar-refractivity contribution is 6.02. The number of hydrogen-bond donors (Lipinski definition) is 1. The van der Waals surface area contributed by atoms with Crippen molar-refractivity contribution in [3.8, 4) is 11.5 Å². The number of ether oxygens (including phenoxy) is 2. The van der Waals surface area contributed by atoms with Crippen molar-refractivity contribution in [2.75, 3.05) is 11.9 Å². The van der Waals surface area contributed by atoms with E-state index in [9.17, 15) is 14.4 Å². The maximum absolute atomic E-state index is 12.1. The van der Waals surface area contributed by atoms with Gasteiger partial charge in [0.2, 0.25) is 17.7 Å². The minimum atomic E-state index is -0.542. The van der Waals surface area contributed by atoms with Crippen LogP contribution in [0.4, 0.5) is 5.69 Å². The van der Waals surface area contributed by atoms with Crippen LogP contribution in [0.3, 0.4) is 0 Å². The number of fused-ring (bicyclic) bond motifs is 1. The van der Waals surface area contributed by atoms with Gasteiger partial charge in [0.15, 0.2) is 11.5 Å². The van der Waals surface area contributed by atoms with E-state index in [0.29, 0.717) is 17.2 Å². The third-order valence-corrected chi connectivity index (χ3v) is 5.15. The lowest BCUT2D eigenvalue weighted by atomic mass is 9.94. The molecule has 1 saturated heterocycles. The Labute approximate surface area is 151 Å². The molecule has 0 unspecified atom stereocenters. The van der Waals surface area contributed by atoms with E-state index in [4.69, 9.17) is 9.47 Å². The Balaban J connectivity index is 1.35. The predicted molar refractivity (Wildman–Crippen MR) is 92.7 cm³/mol. The number of rotatable bonds is 4. The molecule has 0 bridgehead atoms. The van der Waals surface area contributed by atoms with Crippen molar-refractivity contribution in [3.05, 3.63) is 18.2 Å². The van der Waals surface area contributed by atoms with E-state index in [1.165, 1.54) is 6.42 Å². The van der Waals surface area contributed by atoms with Gasteiger partial charge in [0.25, 0.3) is 5.79 Å². The first-order valence-electron chi connectivity index (χ1n) is 9.20. The zero-order valence-corrected chi connectivity index (χ0v) is 14.6. The SMILES string of the molecule is O=C(CCN1C(=O)CCC1=O)Nc1ccc2c(c1)OC1(CCCCC1)O2. The van der Waals surface area contributed by atoms with Crippen molar-refractivity contribution in [1.82, 2.24) is 4.90 Å². The minimum absolute atomic E-state index is 0.0792. The summed E-state index contributed by atoms with van der Waals surface area (Å²) in [7, 11) is 0. The molecule has 138 valence electrons. The molecule has 1 N–H and O–H groups in total. The van der Waals surface area contributed by atoms with E-state index in [-0.39, 0.29) is 43.5 Å². The quantitative estimate of drug-likeness (QED) is 0.836. The molecule has 0 aromatic heterocycles. The van der Waals surface area contributed by atoms with Crippen molar-refractivity contribution in [2.45, 2.75) is 57.2 Å². The number of imide groups is 1. The van der Waals surface area contributed by atoms with Crippen molar-refractivity contribution >= 4 is 23.4 Å².